The first-order valence-electron chi connectivity index (χ1n) is 8.90. The molecule has 0 fully saturated rings. The van der Waals surface area contributed by atoms with Gasteiger partial charge in [-0.05, 0) is 59.1 Å². The Balaban J connectivity index is 1.68. The van der Waals surface area contributed by atoms with Gasteiger partial charge in [-0.2, -0.15) is 0 Å². The van der Waals surface area contributed by atoms with E-state index >= 15 is 0 Å². The van der Waals surface area contributed by atoms with Crippen LogP contribution in [-0.4, -0.2) is 28.2 Å². The Kier molecular flexibility index (Phi) is 6.19. The molecule has 1 heterocycles. The highest BCUT2D eigenvalue weighted by molar-refractivity contribution is 9.10. The van der Waals surface area contributed by atoms with Crippen molar-refractivity contribution in [2.24, 2.45) is 0 Å². The van der Waals surface area contributed by atoms with Crippen LogP contribution in [0.25, 0.3) is 10.9 Å². The van der Waals surface area contributed by atoms with Crippen LogP contribution in [0, 0.1) is 0 Å². The van der Waals surface area contributed by atoms with Crippen LogP contribution in [0.2, 0.25) is 0 Å². The average Bonchev–Trinajstić information content (AvgIpc) is 3.03. The molecule has 0 aliphatic carbocycles. The van der Waals surface area contributed by atoms with Crippen LogP contribution in [-0.2, 0) is 17.8 Å². The van der Waals surface area contributed by atoms with Gasteiger partial charge in [-0.25, -0.2) is 0 Å². The first-order valence-corrected chi connectivity index (χ1v) is 9.69. The van der Waals surface area contributed by atoms with E-state index in [1.165, 1.54) is 0 Å². The average molecular weight is 431 g/mol. The fraction of sp³-hybridized carbons (Fsp3) is 0.286. The second kappa shape index (κ2) is 8.59. The predicted molar refractivity (Wildman–Crippen MR) is 110 cm³/mol. The van der Waals surface area contributed by atoms with Gasteiger partial charge in [0.15, 0.2) is 0 Å². The highest BCUT2D eigenvalue weighted by Gasteiger charge is 2.19. The van der Waals surface area contributed by atoms with Gasteiger partial charge in [0.1, 0.15) is 11.8 Å². The van der Waals surface area contributed by atoms with E-state index in [9.17, 15) is 9.90 Å². The molecule has 0 spiro atoms. The summed E-state index contributed by atoms with van der Waals surface area (Å²) in [5.74, 6) is -0.0820. The van der Waals surface area contributed by atoms with Crippen LogP contribution in [0.1, 0.15) is 25.0 Å². The SMILES string of the molecule is CC(C)Oc1ccc(CNC(Cc2c[nH]c3ccccc23)C(=O)O)cc1Br. The molecule has 27 heavy (non-hydrogen) atoms. The van der Waals surface area contributed by atoms with Gasteiger partial charge in [0, 0.05) is 30.1 Å². The van der Waals surface area contributed by atoms with Crippen molar-refractivity contribution >= 4 is 32.8 Å². The fourth-order valence-electron chi connectivity index (χ4n) is 3.01. The summed E-state index contributed by atoms with van der Waals surface area (Å²) in [4.78, 5) is 14.9. The zero-order chi connectivity index (χ0) is 19.4. The molecule has 3 N–H and O–H groups in total. The van der Waals surface area contributed by atoms with Crippen LogP contribution < -0.4 is 10.1 Å². The summed E-state index contributed by atoms with van der Waals surface area (Å²) in [5, 5.41) is 13.8. The third kappa shape index (κ3) is 4.90. The van der Waals surface area contributed by atoms with E-state index in [-0.39, 0.29) is 6.10 Å². The van der Waals surface area contributed by atoms with E-state index in [1.54, 1.807) is 0 Å². The number of benzene rings is 2. The first-order chi connectivity index (χ1) is 12.9. The lowest BCUT2D eigenvalue weighted by atomic mass is 10.0. The lowest BCUT2D eigenvalue weighted by Gasteiger charge is -2.16. The standard InChI is InChI=1S/C21H23BrN2O3/c1-13(2)27-20-8-7-14(9-17(20)22)11-23-19(21(25)26)10-15-12-24-18-6-4-3-5-16(15)18/h3-9,12-13,19,23-24H,10-11H2,1-2H3,(H,25,26). The minimum atomic E-state index is -0.862. The molecule has 3 aromatic rings. The summed E-state index contributed by atoms with van der Waals surface area (Å²) in [7, 11) is 0. The van der Waals surface area contributed by atoms with E-state index in [1.807, 2.05) is 62.5 Å². The van der Waals surface area contributed by atoms with Gasteiger partial charge in [-0.1, -0.05) is 24.3 Å². The minimum absolute atomic E-state index is 0.0952. The summed E-state index contributed by atoms with van der Waals surface area (Å²) < 4.78 is 6.57. The second-order valence-electron chi connectivity index (χ2n) is 6.77. The lowest BCUT2D eigenvalue weighted by molar-refractivity contribution is -0.139. The van der Waals surface area contributed by atoms with Gasteiger partial charge in [0.2, 0.25) is 0 Å². The number of nitrogens with one attached hydrogen (secondary N) is 2. The number of aromatic amines is 1. The molecule has 0 amide bonds. The Morgan fingerprint density at radius 2 is 2.04 bits per heavy atom. The van der Waals surface area contributed by atoms with Crippen molar-refractivity contribution in [2.75, 3.05) is 0 Å². The number of aromatic nitrogens is 1. The van der Waals surface area contributed by atoms with Crippen LogP contribution in [0.3, 0.4) is 0 Å². The van der Waals surface area contributed by atoms with Gasteiger partial charge in [0.25, 0.3) is 0 Å². The summed E-state index contributed by atoms with van der Waals surface area (Å²) in [5.41, 5.74) is 3.00. The molecule has 1 unspecified atom stereocenters. The molecule has 5 nitrogen and oxygen atoms in total. The molecule has 0 radical (unpaired) electrons. The van der Waals surface area contributed by atoms with Gasteiger partial charge in [-0.15, -0.1) is 0 Å². The minimum Gasteiger partial charge on any atom is -0.490 e. The predicted octanol–water partition coefficient (Wildman–Crippen LogP) is 4.50. The Labute approximate surface area is 166 Å². The summed E-state index contributed by atoms with van der Waals surface area (Å²) in [6.07, 6.45) is 2.39. The molecule has 0 aliphatic heterocycles. The molecule has 0 aliphatic rings. The molecular weight excluding hydrogens is 408 g/mol. The van der Waals surface area contributed by atoms with Gasteiger partial charge in [0.05, 0.1) is 10.6 Å². The highest BCUT2D eigenvalue weighted by Crippen LogP contribution is 2.27. The fourth-order valence-corrected chi connectivity index (χ4v) is 3.53. The molecule has 0 saturated heterocycles. The largest absolute Gasteiger partial charge is 0.490 e. The van der Waals surface area contributed by atoms with Crippen LogP contribution in [0.5, 0.6) is 5.75 Å². The quantitative estimate of drug-likeness (QED) is 0.491. The number of carboxylic acid groups (broad SMARTS) is 1. The third-order valence-electron chi connectivity index (χ3n) is 4.31. The number of halogens is 1. The maximum atomic E-state index is 11.7. The Bertz CT molecular complexity index is 936. The van der Waals surface area contributed by atoms with E-state index in [2.05, 4.69) is 26.2 Å². The van der Waals surface area contributed by atoms with E-state index in [4.69, 9.17) is 4.74 Å². The van der Waals surface area contributed by atoms with E-state index in [0.717, 1.165) is 32.3 Å². The van der Waals surface area contributed by atoms with Crippen molar-refractivity contribution in [3.05, 3.63) is 64.3 Å². The lowest BCUT2D eigenvalue weighted by Crippen LogP contribution is -2.38. The van der Waals surface area contributed by atoms with Gasteiger partial charge >= 0.3 is 5.97 Å². The van der Waals surface area contributed by atoms with Crippen molar-refractivity contribution in [1.29, 1.82) is 0 Å². The molecule has 0 saturated carbocycles. The topological polar surface area (TPSA) is 74.3 Å². The van der Waals surface area contributed by atoms with Gasteiger partial charge < -0.3 is 20.1 Å². The number of para-hydroxylation sites is 1. The maximum absolute atomic E-state index is 11.7. The summed E-state index contributed by atoms with van der Waals surface area (Å²) in [6.45, 7) is 4.41. The number of aliphatic carboxylic acids is 1. The molecular formula is C21H23BrN2O3. The number of hydrogen-bond donors (Lipinski definition) is 3. The van der Waals surface area contributed by atoms with E-state index < -0.39 is 12.0 Å². The van der Waals surface area contributed by atoms with Crippen molar-refractivity contribution < 1.29 is 14.6 Å². The molecule has 6 heteroatoms. The number of fused-ring (bicyclic) bond motifs is 1. The Hall–Kier alpha value is -2.31. The van der Waals surface area contributed by atoms with Crippen LogP contribution in [0.4, 0.5) is 0 Å². The number of carbonyl (C=O) groups is 1. The normalized spacial score (nSPS) is 12.4. The molecule has 3 rings (SSSR count). The van der Waals surface area contributed by atoms with Crippen LogP contribution in [0.15, 0.2) is 53.1 Å². The Morgan fingerprint density at radius 1 is 1.26 bits per heavy atom. The maximum Gasteiger partial charge on any atom is 0.321 e. The highest BCUT2D eigenvalue weighted by atomic mass is 79.9. The number of H-pyrrole nitrogens is 1. The first kappa shape index (κ1) is 19.5. The molecule has 1 aromatic heterocycles. The van der Waals surface area contributed by atoms with Crippen LogP contribution >= 0.6 is 15.9 Å². The number of hydrogen-bond acceptors (Lipinski definition) is 3. The second-order valence-corrected chi connectivity index (χ2v) is 7.62. The third-order valence-corrected chi connectivity index (χ3v) is 4.93. The number of rotatable bonds is 8. The zero-order valence-corrected chi connectivity index (χ0v) is 16.9. The zero-order valence-electron chi connectivity index (χ0n) is 15.3. The Morgan fingerprint density at radius 3 is 2.74 bits per heavy atom. The molecule has 142 valence electrons. The molecule has 2 aromatic carbocycles. The molecule has 1 atom stereocenters. The number of ether oxygens (including phenoxy) is 1. The summed E-state index contributed by atoms with van der Waals surface area (Å²) >= 11 is 3.51. The van der Waals surface area contributed by atoms with Crippen molar-refractivity contribution in [3.8, 4) is 5.75 Å². The monoisotopic (exact) mass is 430 g/mol. The van der Waals surface area contributed by atoms with Crippen molar-refractivity contribution in [1.82, 2.24) is 10.3 Å². The summed E-state index contributed by atoms with van der Waals surface area (Å²) in [6, 6.07) is 13.0. The van der Waals surface area contributed by atoms with Crippen molar-refractivity contribution in [3.63, 3.8) is 0 Å². The van der Waals surface area contributed by atoms with E-state index in [0.29, 0.717) is 13.0 Å². The smallest absolute Gasteiger partial charge is 0.321 e. The van der Waals surface area contributed by atoms with Crippen molar-refractivity contribution in [2.45, 2.75) is 39.0 Å². The molecule has 0 bridgehead atoms. The number of carboxylic acids is 1. The van der Waals surface area contributed by atoms with Gasteiger partial charge in [-0.3, -0.25) is 4.79 Å².